The van der Waals surface area contributed by atoms with Crippen molar-refractivity contribution in [1.29, 1.82) is 0 Å². The van der Waals surface area contributed by atoms with Gasteiger partial charge in [0.15, 0.2) is 9.84 Å². The SMILES string of the molecule is CC(CO)(CCCCN1CCCS(=O)(=O)CC1)NC1CC1. The molecule has 0 aromatic heterocycles. The van der Waals surface area contributed by atoms with Gasteiger partial charge in [-0.1, -0.05) is 6.42 Å². The highest BCUT2D eigenvalue weighted by atomic mass is 32.2. The molecule has 0 amide bonds. The molecule has 2 fully saturated rings. The van der Waals surface area contributed by atoms with Crippen LogP contribution in [-0.4, -0.2) is 67.8 Å². The third kappa shape index (κ3) is 6.22. The molecule has 1 atom stereocenters. The molecule has 1 aliphatic carbocycles. The van der Waals surface area contributed by atoms with E-state index in [-0.39, 0.29) is 12.1 Å². The summed E-state index contributed by atoms with van der Waals surface area (Å²) in [5, 5.41) is 13.1. The summed E-state index contributed by atoms with van der Waals surface area (Å²) < 4.78 is 23.1. The molecule has 2 N–H and O–H groups in total. The molecule has 2 rings (SSSR count). The third-order valence-electron chi connectivity index (χ3n) is 4.58. The average Bonchev–Trinajstić information content (AvgIpc) is 3.24. The second-order valence-electron chi connectivity index (χ2n) is 6.94. The first-order valence-electron chi connectivity index (χ1n) is 8.24. The van der Waals surface area contributed by atoms with Crippen molar-refractivity contribution in [3.8, 4) is 0 Å². The lowest BCUT2D eigenvalue weighted by atomic mass is 9.95. The number of nitrogens with one attached hydrogen (secondary N) is 1. The molecule has 21 heavy (non-hydrogen) atoms. The van der Waals surface area contributed by atoms with Crippen molar-refractivity contribution in [1.82, 2.24) is 10.2 Å². The van der Waals surface area contributed by atoms with Gasteiger partial charge in [0.2, 0.25) is 0 Å². The summed E-state index contributed by atoms with van der Waals surface area (Å²) in [5.41, 5.74) is -0.150. The summed E-state index contributed by atoms with van der Waals surface area (Å²) in [6.07, 6.45) is 6.35. The molecular weight excluding hydrogens is 288 g/mol. The summed E-state index contributed by atoms with van der Waals surface area (Å²) in [6.45, 7) is 4.84. The summed E-state index contributed by atoms with van der Waals surface area (Å²) in [4.78, 5) is 2.27. The summed E-state index contributed by atoms with van der Waals surface area (Å²) in [7, 11) is -2.80. The number of unbranched alkanes of at least 4 members (excludes halogenated alkanes) is 1. The van der Waals surface area contributed by atoms with E-state index < -0.39 is 9.84 Å². The van der Waals surface area contributed by atoms with E-state index in [0.29, 0.717) is 24.1 Å². The van der Waals surface area contributed by atoms with Crippen molar-refractivity contribution in [3.63, 3.8) is 0 Å². The molecule has 1 saturated carbocycles. The summed E-state index contributed by atoms with van der Waals surface area (Å²) in [5.74, 6) is 0.655. The van der Waals surface area contributed by atoms with E-state index in [1.54, 1.807) is 0 Å². The number of nitrogens with zero attached hydrogens (tertiary/aromatic N) is 1. The van der Waals surface area contributed by atoms with Crippen LogP contribution in [0.25, 0.3) is 0 Å². The Morgan fingerprint density at radius 2 is 2.00 bits per heavy atom. The van der Waals surface area contributed by atoms with Gasteiger partial charge >= 0.3 is 0 Å². The van der Waals surface area contributed by atoms with Gasteiger partial charge in [-0.05, 0) is 52.1 Å². The van der Waals surface area contributed by atoms with Crippen LogP contribution in [0.4, 0.5) is 0 Å². The zero-order valence-electron chi connectivity index (χ0n) is 13.2. The molecule has 6 heteroatoms. The zero-order chi connectivity index (χ0) is 15.3. The van der Waals surface area contributed by atoms with Gasteiger partial charge in [-0.3, -0.25) is 0 Å². The Labute approximate surface area is 129 Å². The molecule has 0 bridgehead atoms. The van der Waals surface area contributed by atoms with E-state index in [0.717, 1.165) is 38.8 Å². The highest BCUT2D eigenvalue weighted by molar-refractivity contribution is 7.91. The van der Waals surface area contributed by atoms with E-state index in [2.05, 4.69) is 17.1 Å². The minimum Gasteiger partial charge on any atom is -0.394 e. The van der Waals surface area contributed by atoms with E-state index in [9.17, 15) is 13.5 Å². The van der Waals surface area contributed by atoms with E-state index in [4.69, 9.17) is 0 Å². The number of hydrogen-bond acceptors (Lipinski definition) is 5. The van der Waals surface area contributed by atoms with Gasteiger partial charge in [0.25, 0.3) is 0 Å². The van der Waals surface area contributed by atoms with Crippen LogP contribution in [0.3, 0.4) is 0 Å². The first-order valence-corrected chi connectivity index (χ1v) is 10.1. The maximum atomic E-state index is 11.6. The van der Waals surface area contributed by atoms with E-state index in [1.165, 1.54) is 12.8 Å². The van der Waals surface area contributed by atoms with Crippen molar-refractivity contribution in [3.05, 3.63) is 0 Å². The Bertz CT molecular complexity index is 423. The van der Waals surface area contributed by atoms with Crippen LogP contribution in [0.5, 0.6) is 0 Å². The molecule has 0 spiro atoms. The van der Waals surface area contributed by atoms with Gasteiger partial charge in [-0.15, -0.1) is 0 Å². The van der Waals surface area contributed by atoms with Crippen molar-refractivity contribution >= 4 is 9.84 Å². The highest BCUT2D eigenvalue weighted by Crippen LogP contribution is 2.25. The fourth-order valence-corrected chi connectivity index (χ4v) is 4.29. The monoisotopic (exact) mass is 318 g/mol. The minimum atomic E-state index is -2.80. The lowest BCUT2D eigenvalue weighted by molar-refractivity contribution is 0.159. The van der Waals surface area contributed by atoms with E-state index >= 15 is 0 Å². The standard InChI is InChI=1S/C15H30N2O3S/c1-15(13-18,16-14-5-6-14)7-2-3-8-17-9-4-11-21(19,20)12-10-17/h14,16,18H,2-13H2,1H3. The van der Waals surface area contributed by atoms with Crippen LogP contribution in [-0.2, 0) is 9.84 Å². The first kappa shape index (κ1) is 17.2. The summed E-state index contributed by atoms with van der Waals surface area (Å²) >= 11 is 0. The van der Waals surface area contributed by atoms with Gasteiger partial charge < -0.3 is 15.3 Å². The van der Waals surface area contributed by atoms with Crippen molar-refractivity contribution in [2.75, 3.05) is 37.7 Å². The van der Waals surface area contributed by atoms with Crippen LogP contribution < -0.4 is 5.32 Å². The number of aliphatic hydroxyl groups excluding tert-OH is 1. The number of aliphatic hydroxyl groups is 1. The third-order valence-corrected chi connectivity index (χ3v) is 6.30. The van der Waals surface area contributed by atoms with Crippen LogP contribution >= 0.6 is 0 Å². The number of hydrogen-bond donors (Lipinski definition) is 2. The smallest absolute Gasteiger partial charge is 0.151 e. The molecule has 0 radical (unpaired) electrons. The zero-order valence-corrected chi connectivity index (χ0v) is 14.0. The number of sulfone groups is 1. The quantitative estimate of drug-likeness (QED) is 0.647. The lowest BCUT2D eigenvalue weighted by Crippen LogP contribution is -2.47. The van der Waals surface area contributed by atoms with Crippen LogP contribution in [0.15, 0.2) is 0 Å². The second kappa shape index (κ2) is 7.40. The van der Waals surface area contributed by atoms with Gasteiger partial charge in [0.05, 0.1) is 18.1 Å². The molecule has 0 aromatic carbocycles. The molecule has 5 nitrogen and oxygen atoms in total. The largest absolute Gasteiger partial charge is 0.394 e. The minimum absolute atomic E-state index is 0.150. The molecule has 124 valence electrons. The highest BCUT2D eigenvalue weighted by Gasteiger charge is 2.31. The predicted octanol–water partition coefficient (Wildman–Crippen LogP) is 0.780. The first-order chi connectivity index (χ1) is 9.92. The maximum Gasteiger partial charge on any atom is 0.151 e. The van der Waals surface area contributed by atoms with Crippen LogP contribution in [0.1, 0.15) is 45.4 Å². The Morgan fingerprint density at radius 1 is 1.24 bits per heavy atom. The predicted molar refractivity (Wildman–Crippen MR) is 85.2 cm³/mol. The molecular formula is C15H30N2O3S. The maximum absolute atomic E-state index is 11.6. The molecule has 0 aromatic rings. The Balaban J connectivity index is 1.64. The second-order valence-corrected chi connectivity index (χ2v) is 9.25. The Morgan fingerprint density at radius 3 is 2.67 bits per heavy atom. The molecule has 1 unspecified atom stereocenters. The molecule has 1 heterocycles. The molecule has 2 aliphatic rings. The molecule has 1 aliphatic heterocycles. The van der Waals surface area contributed by atoms with Crippen LogP contribution in [0.2, 0.25) is 0 Å². The topological polar surface area (TPSA) is 69.6 Å². The average molecular weight is 318 g/mol. The van der Waals surface area contributed by atoms with Crippen molar-refractivity contribution < 1.29 is 13.5 Å². The molecule has 1 saturated heterocycles. The van der Waals surface area contributed by atoms with Crippen molar-refractivity contribution in [2.24, 2.45) is 0 Å². The van der Waals surface area contributed by atoms with Crippen LogP contribution in [0, 0.1) is 0 Å². The van der Waals surface area contributed by atoms with Crippen molar-refractivity contribution in [2.45, 2.75) is 57.0 Å². The van der Waals surface area contributed by atoms with Gasteiger partial charge in [0.1, 0.15) is 0 Å². The van der Waals surface area contributed by atoms with Gasteiger partial charge in [-0.25, -0.2) is 8.42 Å². The van der Waals surface area contributed by atoms with Gasteiger partial charge in [-0.2, -0.15) is 0 Å². The van der Waals surface area contributed by atoms with E-state index in [1.807, 2.05) is 0 Å². The number of rotatable bonds is 8. The van der Waals surface area contributed by atoms with Gasteiger partial charge in [0, 0.05) is 18.1 Å². The Hall–Kier alpha value is -0.170. The lowest BCUT2D eigenvalue weighted by Gasteiger charge is -2.29. The normalized spacial score (nSPS) is 26.2. The fourth-order valence-electron chi connectivity index (χ4n) is 2.98. The summed E-state index contributed by atoms with van der Waals surface area (Å²) in [6, 6.07) is 0.609. The Kier molecular flexibility index (Phi) is 6.05. The fraction of sp³-hybridized carbons (Fsp3) is 1.00.